The summed E-state index contributed by atoms with van der Waals surface area (Å²) in [6.07, 6.45) is 0. The first kappa shape index (κ1) is 16.0. The zero-order valence-electron chi connectivity index (χ0n) is 11.5. The monoisotopic (exact) mass is 417 g/mol. The van der Waals surface area contributed by atoms with Crippen LogP contribution in [0.3, 0.4) is 0 Å². The number of esters is 2. The summed E-state index contributed by atoms with van der Waals surface area (Å²) in [6, 6.07) is 3.51. The molecule has 0 fully saturated rings. The number of hydrogen-bond donors (Lipinski definition) is 1. The molecule has 0 aliphatic rings. The van der Waals surface area contributed by atoms with E-state index in [1.54, 1.807) is 26.0 Å². The van der Waals surface area contributed by atoms with Crippen LogP contribution in [0.2, 0.25) is 0 Å². The average molecular weight is 419 g/mol. The molecule has 2 rings (SSSR count). The highest BCUT2D eigenvalue weighted by Crippen LogP contribution is 2.33. The number of fused-ring (bicyclic) bond motifs is 1. The van der Waals surface area contributed by atoms with Gasteiger partial charge in [-0.25, -0.2) is 9.59 Å². The number of aromatic amines is 1. The van der Waals surface area contributed by atoms with E-state index in [0.717, 1.165) is 8.95 Å². The van der Waals surface area contributed by atoms with Crippen molar-refractivity contribution in [2.24, 2.45) is 0 Å². The molecule has 0 saturated carbocycles. The summed E-state index contributed by atoms with van der Waals surface area (Å²) in [7, 11) is 0. The lowest BCUT2D eigenvalue weighted by molar-refractivity contribution is 0.0518. The standard InChI is InChI=1S/C14H13Br2NO4/c1-3-20-13(18)11-7-5-9(15)10(16)6-8(7)12(17-11)14(19)21-4-2/h5-6,17H,3-4H2,1-2H3. The van der Waals surface area contributed by atoms with Gasteiger partial charge in [0, 0.05) is 19.7 Å². The van der Waals surface area contributed by atoms with E-state index in [9.17, 15) is 9.59 Å². The third-order valence-electron chi connectivity index (χ3n) is 2.81. The quantitative estimate of drug-likeness (QED) is 0.760. The third kappa shape index (κ3) is 3.13. The second-order valence-corrected chi connectivity index (χ2v) is 5.84. The SMILES string of the molecule is CCOC(=O)c1[nH]c(C(=O)OCC)c2cc(Br)c(Br)cc12. The summed E-state index contributed by atoms with van der Waals surface area (Å²) in [5, 5.41) is 1.21. The van der Waals surface area contributed by atoms with Crippen LogP contribution in [0.15, 0.2) is 21.1 Å². The minimum Gasteiger partial charge on any atom is -0.461 e. The molecule has 1 N–H and O–H groups in total. The lowest BCUT2D eigenvalue weighted by Gasteiger charge is -2.01. The largest absolute Gasteiger partial charge is 0.461 e. The van der Waals surface area contributed by atoms with Gasteiger partial charge in [0.15, 0.2) is 0 Å². The van der Waals surface area contributed by atoms with Gasteiger partial charge in [0.25, 0.3) is 0 Å². The van der Waals surface area contributed by atoms with Gasteiger partial charge in [-0.2, -0.15) is 0 Å². The molecule has 0 amide bonds. The van der Waals surface area contributed by atoms with E-state index in [0.29, 0.717) is 10.8 Å². The molecule has 1 heterocycles. The minimum absolute atomic E-state index is 0.239. The molecule has 1 aromatic heterocycles. The van der Waals surface area contributed by atoms with Crippen LogP contribution >= 0.6 is 31.9 Å². The molecule has 0 aliphatic heterocycles. The van der Waals surface area contributed by atoms with E-state index in [2.05, 4.69) is 36.8 Å². The van der Waals surface area contributed by atoms with E-state index in [1.807, 2.05) is 0 Å². The molecule has 21 heavy (non-hydrogen) atoms. The Labute approximate surface area is 138 Å². The molecule has 0 aliphatic carbocycles. The molecular formula is C14H13Br2NO4. The Bertz CT molecular complexity index is 651. The van der Waals surface area contributed by atoms with Crippen LogP contribution in [0.25, 0.3) is 10.8 Å². The van der Waals surface area contributed by atoms with E-state index < -0.39 is 11.9 Å². The number of aromatic nitrogens is 1. The zero-order chi connectivity index (χ0) is 15.6. The summed E-state index contributed by atoms with van der Waals surface area (Å²) in [5.41, 5.74) is 0.478. The maximum atomic E-state index is 12.0. The van der Waals surface area contributed by atoms with Crippen molar-refractivity contribution in [1.29, 1.82) is 0 Å². The smallest absolute Gasteiger partial charge is 0.355 e. The van der Waals surface area contributed by atoms with Gasteiger partial charge in [-0.05, 0) is 57.8 Å². The minimum atomic E-state index is -0.507. The Morgan fingerprint density at radius 2 is 1.33 bits per heavy atom. The summed E-state index contributed by atoms with van der Waals surface area (Å²) >= 11 is 6.77. The summed E-state index contributed by atoms with van der Waals surface area (Å²) < 4.78 is 11.6. The lowest BCUT2D eigenvalue weighted by atomic mass is 10.1. The summed E-state index contributed by atoms with van der Waals surface area (Å²) in [6.45, 7) is 3.96. The first-order chi connectivity index (χ1) is 9.99. The molecule has 1 aromatic carbocycles. The number of benzene rings is 1. The number of rotatable bonds is 4. The molecule has 0 saturated heterocycles. The number of halogens is 2. The Hall–Kier alpha value is -1.34. The van der Waals surface area contributed by atoms with Crippen LogP contribution in [0.1, 0.15) is 34.8 Å². The summed E-state index contributed by atoms with van der Waals surface area (Å²) in [4.78, 5) is 26.9. The number of carbonyl (C=O) groups excluding carboxylic acids is 2. The second kappa shape index (κ2) is 6.62. The molecule has 7 heteroatoms. The highest BCUT2D eigenvalue weighted by molar-refractivity contribution is 9.13. The molecule has 0 spiro atoms. The van der Waals surface area contributed by atoms with Crippen molar-refractivity contribution in [2.75, 3.05) is 13.2 Å². The van der Waals surface area contributed by atoms with Crippen molar-refractivity contribution in [3.05, 3.63) is 32.5 Å². The molecule has 112 valence electrons. The Kier molecular flexibility index (Phi) is 5.05. The second-order valence-electron chi connectivity index (χ2n) is 4.13. The van der Waals surface area contributed by atoms with Gasteiger partial charge in [-0.1, -0.05) is 0 Å². The normalized spacial score (nSPS) is 10.7. The Morgan fingerprint density at radius 1 is 0.952 bits per heavy atom. The van der Waals surface area contributed by atoms with Crippen molar-refractivity contribution in [1.82, 2.24) is 4.98 Å². The van der Waals surface area contributed by atoms with Gasteiger partial charge >= 0.3 is 11.9 Å². The predicted molar refractivity (Wildman–Crippen MR) is 85.6 cm³/mol. The lowest BCUT2D eigenvalue weighted by Crippen LogP contribution is -2.08. The molecule has 2 aromatic rings. The van der Waals surface area contributed by atoms with Gasteiger partial charge in [0.05, 0.1) is 13.2 Å². The number of carbonyl (C=O) groups is 2. The van der Waals surface area contributed by atoms with Gasteiger partial charge in [-0.15, -0.1) is 0 Å². The molecule has 0 unspecified atom stereocenters. The maximum Gasteiger partial charge on any atom is 0.355 e. The van der Waals surface area contributed by atoms with Crippen LogP contribution in [0, 0.1) is 0 Å². The van der Waals surface area contributed by atoms with Crippen LogP contribution in [-0.2, 0) is 9.47 Å². The van der Waals surface area contributed by atoms with E-state index >= 15 is 0 Å². The van der Waals surface area contributed by atoms with Crippen LogP contribution < -0.4 is 0 Å². The first-order valence-corrected chi connectivity index (χ1v) is 7.93. The van der Waals surface area contributed by atoms with Gasteiger partial charge in [0.2, 0.25) is 0 Å². The van der Waals surface area contributed by atoms with E-state index in [4.69, 9.17) is 9.47 Å². The highest BCUT2D eigenvalue weighted by Gasteiger charge is 2.23. The van der Waals surface area contributed by atoms with Crippen molar-refractivity contribution in [2.45, 2.75) is 13.8 Å². The van der Waals surface area contributed by atoms with E-state index in [-0.39, 0.29) is 24.6 Å². The molecule has 0 bridgehead atoms. The Balaban J connectivity index is 2.67. The van der Waals surface area contributed by atoms with Gasteiger partial charge < -0.3 is 14.5 Å². The van der Waals surface area contributed by atoms with Crippen molar-refractivity contribution in [3.63, 3.8) is 0 Å². The Morgan fingerprint density at radius 3 is 1.67 bits per heavy atom. The fourth-order valence-corrected chi connectivity index (χ4v) is 2.64. The zero-order valence-corrected chi connectivity index (χ0v) is 14.6. The molecule has 5 nitrogen and oxygen atoms in total. The van der Waals surface area contributed by atoms with Gasteiger partial charge in [-0.3, -0.25) is 0 Å². The van der Waals surface area contributed by atoms with Crippen LogP contribution in [0.5, 0.6) is 0 Å². The third-order valence-corrected chi connectivity index (χ3v) is 4.65. The van der Waals surface area contributed by atoms with Crippen molar-refractivity contribution >= 4 is 54.6 Å². The molecule has 0 atom stereocenters. The predicted octanol–water partition coefficient (Wildman–Crippen LogP) is 4.05. The molecule has 0 radical (unpaired) electrons. The summed E-state index contributed by atoms with van der Waals surface area (Å²) in [5.74, 6) is -1.01. The molecular weight excluding hydrogens is 406 g/mol. The number of ether oxygens (including phenoxy) is 2. The number of H-pyrrole nitrogens is 1. The van der Waals surface area contributed by atoms with Crippen molar-refractivity contribution < 1.29 is 19.1 Å². The first-order valence-electron chi connectivity index (χ1n) is 6.34. The number of nitrogens with one attached hydrogen (secondary N) is 1. The fourth-order valence-electron chi connectivity index (χ4n) is 1.95. The average Bonchev–Trinajstić information content (AvgIpc) is 2.78. The van der Waals surface area contributed by atoms with Gasteiger partial charge in [0.1, 0.15) is 11.4 Å². The van der Waals surface area contributed by atoms with E-state index in [1.165, 1.54) is 0 Å². The number of hydrogen-bond acceptors (Lipinski definition) is 4. The highest BCUT2D eigenvalue weighted by atomic mass is 79.9. The maximum absolute atomic E-state index is 12.0. The van der Waals surface area contributed by atoms with Crippen molar-refractivity contribution in [3.8, 4) is 0 Å². The van der Waals surface area contributed by atoms with Crippen LogP contribution in [-0.4, -0.2) is 30.1 Å². The topological polar surface area (TPSA) is 68.4 Å². The van der Waals surface area contributed by atoms with Crippen LogP contribution in [0.4, 0.5) is 0 Å². The fraction of sp³-hybridized carbons (Fsp3) is 0.286.